The Hall–Kier alpha value is -1.17. The maximum absolute atomic E-state index is 12.5. The van der Waals surface area contributed by atoms with Crippen LogP contribution in [-0.4, -0.2) is 29.6 Å². The van der Waals surface area contributed by atoms with Crippen molar-refractivity contribution in [2.24, 2.45) is 0 Å². The summed E-state index contributed by atoms with van der Waals surface area (Å²) in [5.74, 6) is 0.429. The first-order chi connectivity index (χ1) is 8.13. The molecule has 17 heavy (non-hydrogen) atoms. The van der Waals surface area contributed by atoms with Gasteiger partial charge in [0.15, 0.2) is 0 Å². The first kappa shape index (κ1) is 13.9. The molecule has 0 N–H and O–H groups in total. The number of ether oxygens (including phenoxy) is 2. The van der Waals surface area contributed by atoms with E-state index in [1.807, 2.05) is 13.8 Å². The Labute approximate surface area is 99.5 Å². The zero-order chi connectivity index (χ0) is 13.0. The minimum Gasteiger partial charge on any atom is -0.475 e. The molecule has 0 bridgehead atoms. The molecule has 0 spiro atoms. The minimum absolute atomic E-state index is 0.123. The number of aromatic nitrogens is 2. The van der Waals surface area contributed by atoms with E-state index in [2.05, 4.69) is 5.10 Å². The summed E-state index contributed by atoms with van der Waals surface area (Å²) >= 11 is 0. The van der Waals surface area contributed by atoms with Gasteiger partial charge in [-0.25, -0.2) is 13.5 Å². The number of hydrogen-bond acceptors (Lipinski definition) is 3. The fraction of sp³-hybridized carbons (Fsp3) is 0.727. The maximum Gasteiger partial charge on any atom is 0.282 e. The monoisotopic (exact) mass is 248 g/mol. The zero-order valence-electron chi connectivity index (χ0n) is 10.5. The number of rotatable bonds is 2. The molecule has 1 aliphatic heterocycles. The lowest BCUT2D eigenvalue weighted by molar-refractivity contribution is 0.0174. The quantitative estimate of drug-likeness (QED) is 0.807. The van der Waals surface area contributed by atoms with Gasteiger partial charge in [0.1, 0.15) is 18.4 Å². The van der Waals surface area contributed by atoms with Crippen LogP contribution < -0.4 is 4.74 Å². The summed E-state index contributed by atoms with van der Waals surface area (Å²) in [6.07, 6.45) is -2.69. The summed E-state index contributed by atoms with van der Waals surface area (Å²) in [5.41, 5.74) is 0.210. The van der Waals surface area contributed by atoms with Crippen molar-refractivity contribution < 1.29 is 18.3 Å². The summed E-state index contributed by atoms with van der Waals surface area (Å²) < 4.78 is 36.9. The fourth-order valence-corrected chi connectivity index (χ4v) is 1.63. The predicted octanol–water partition coefficient (Wildman–Crippen LogP) is 2.56. The van der Waals surface area contributed by atoms with Gasteiger partial charge in [-0.05, 0) is 6.92 Å². The molecule has 0 aliphatic carbocycles. The lowest BCUT2D eigenvalue weighted by Crippen LogP contribution is -2.31. The van der Waals surface area contributed by atoms with Gasteiger partial charge in [-0.15, -0.1) is 0 Å². The van der Waals surface area contributed by atoms with E-state index in [0.717, 1.165) is 0 Å². The van der Waals surface area contributed by atoms with Crippen LogP contribution in [0.1, 0.15) is 31.5 Å². The molecule has 0 fully saturated rings. The molecule has 6 heteroatoms. The van der Waals surface area contributed by atoms with E-state index in [1.54, 1.807) is 14.0 Å². The van der Waals surface area contributed by atoms with E-state index in [1.165, 1.54) is 4.68 Å². The van der Waals surface area contributed by atoms with Crippen molar-refractivity contribution in [1.29, 1.82) is 0 Å². The smallest absolute Gasteiger partial charge is 0.282 e. The van der Waals surface area contributed by atoms with Gasteiger partial charge in [0, 0.05) is 12.7 Å². The third-order valence-corrected chi connectivity index (χ3v) is 2.49. The summed E-state index contributed by atoms with van der Waals surface area (Å²) in [6.45, 7) is 6.43. The Morgan fingerprint density at radius 2 is 2.12 bits per heavy atom. The average molecular weight is 248 g/mol. The molecule has 0 saturated heterocycles. The molecule has 0 amide bonds. The Balaban J connectivity index is 0.000000686. The van der Waals surface area contributed by atoms with Crippen LogP contribution in [0.4, 0.5) is 8.78 Å². The van der Waals surface area contributed by atoms with Gasteiger partial charge in [-0.1, -0.05) is 13.8 Å². The number of fused-ring (bicyclic) bond motifs is 1. The van der Waals surface area contributed by atoms with Gasteiger partial charge in [-0.3, -0.25) is 0 Å². The average Bonchev–Trinajstić information content (AvgIpc) is 2.69. The number of hydrogen-bond donors (Lipinski definition) is 0. The Bertz CT molecular complexity index is 367. The van der Waals surface area contributed by atoms with Gasteiger partial charge in [0.2, 0.25) is 5.88 Å². The molecule has 0 radical (unpaired) electrons. The van der Waals surface area contributed by atoms with Crippen molar-refractivity contribution >= 4 is 0 Å². The van der Waals surface area contributed by atoms with Crippen molar-refractivity contribution in [2.75, 3.05) is 13.7 Å². The Morgan fingerprint density at radius 3 is 2.65 bits per heavy atom. The van der Waals surface area contributed by atoms with Gasteiger partial charge < -0.3 is 9.47 Å². The molecular formula is C11H18F2N2O2. The third-order valence-electron chi connectivity index (χ3n) is 2.49. The van der Waals surface area contributed by atoms with E-state index in [-0.39, 0.29) is 11.8 Å². The number of nitrogens with zero attached hydrogens (tertiary/aromatic N) is 2. The van der Waals surface area contributed by atoms with Crippen LogP contribution in [-0.2, 0) is 11.3 Å². The first-order valence-corrected chi connectivity index (χ1v) is 5.64. The zero-order valence-corrected chi connectivity index (χ0v) is 10.5. The van der Waals surface area contributed by atoms with Crippen molar-refractivity contribution in [3.63, 3.8) is 0 Å². The highest BCUT2D eigenvalue weighted by Crippen LogP contribution is 2.30. The van der Waals surface area contributed by atoms with Crippen LogP contribution in [0.25, 0.3) is 0 Å². The summed E-state index contributed by atoms with van der Waals surface area (Å²) in [5, 5.41) is 3.81. The second kappa shape index (κ2) is 5.95. The highest BCUT2D eigenvalue weighted by atomic mass is 19.3. The third kappa shape index (κ3) is 2.74. The van der Waals surface area contributed by atoms with E-state index in [9.17, 15) is 8.78 Å². The van der Waals surface area contributed by atoms with E-state index < -0.39 is 6.43 Å². The van der Waals surface area contributed by atoms with Crippen LogP contribution in [0.3, 0.4) is 0 Å². The van der Waals surface area contributed by atoms with Crippen molar-refractivity contribution in [2.45, 2.75) is 39.8 Å². The van der Waals surface area contributed by atoms with Crippen LogP contribution in [0.5, 0.6) is 5.88 Å². The highest BCUT2D eigenvalue weighted by Gasteiger charge is 2.27. The van der Waals surface area contributed by atoms with Crippen molar-refractivity contribution in [1.82, 2.24) is 9.78 Å². The standard InChI is InChI=1S/C9H12F2N2O2.C2H6/c1-5-7(8(10)11)12-13-3-6(14-2)4-15-9(5)13;1-2/h6,8H,3-4H2,1-2H3;1-2H3. The van der Waals surface area contributed by atoms with E-state index in [4.69, 9.17) is 9.47 Å². The minimum atomic E-state index is -2.56. The SMILES string of the molecule is CC.COC1COc2c(C)c(C(F)F)nn2C1. The van der Waals surface area contributed by atoms with Crippen LogP contribution in [0.15, 0.2) is 0 Å². The molecule has 0 aromatic carbocycles. The van der Waals surface area contributed by atoms with Crippen LogP contribution >= 0.6 is 0 Å². The van der Waals surface area contributed by atoms with E-state index in [0.29, 0.717) is 24.6 Å². The maximum atomic E-state index is 12.5. The lowest BCUT2D eigenvalue weighted by Gasteiger charge is -2.23. The second-order valence-corrected chi connectivity index (χ2v) is 3.47. The normalized spacial score (nSPS) is 18.2. The fourth-order valence-electron chi connectivity index (χ4n) is 1.63. The number of alkyl halides is 2. The Kier molecular flexibility index (Phi) is 4.86. The van der Waals surface area contributed by atoms with Gasteiger partial charge in [-0.2, -0.15) is 5.10 Å². The Morgan fingerprint density at radius 1 is 1.47 bits per heavy atom. The van der Waals surface area contributed by atoms with Crippen LogP contribution in [0, 0.1) is 6.92 Å². The largest absolute Gasteiger partial charge is 0.475 e. The molecule has 1 atom stereocenters. The first-order valence-electron chi connectivity index (χ1n) is 5.64. The van der Waals surface area contributed by atoms with Gasteiger partial charge in [0.05, 0.1) is 6.54 Å². The molecule has 4 nitrogen and oxygen atoms in total. The number of methoxy groups -OCH3 is 1. The van der Waals surface area contributed by atoms with Crippen molar-refractivity contribution in [3.05, 3.63) is 11.3 Å². The second-order valence-electron chi connectivity index (χ2n) is 3.47. The van der Waals surface area contributed by atoms with Crippen LogP contribution in [0.2, 0.25) is 0 Å². The van der Waals surface area contributed by atoms with Gasteiger partial charge >= 0.3 is 0 Å². The molecule has 2 heterocycles. The summed E-state index contributed by atoms with van der Waals surface area (Å²) in [7, 11) is 1.56. The van der Waals surface area contributed by atoms with Gasteiger partial charge in [0.25, 0.3) is 6.43 Å². The predicted molar refractivity (Wildman–Crippen MR) is 59.6 cm³/mol. The molecule has 1 aliphatic rings. The summed E-state index contributed by atoms with van der Waals surface area (Å²) in [4.78, 5) is 0. The topological polar surface area (TPSA) is 36.3 Å². The molecule has 2 rings (SSSR count). The van der Waals surface area contributed by atoms with E-state index >= 15 is 0 Å². The molecule has 98 valence electrons. The molecule has 1 aromatic rings. The summed E-state index contributed by atoms with van der Waals surface area (Å²) in [6, 6.07) is 0. The molecule has 1 aromatic heterocycles. The molecule has 0 saturated carbocycles. The highest BCUT2D eigenvalue weighted by molar-refractivity contribution is 5.31. The van der Waals surface area contributed by atoms with Crippen molar-refractivity contribution in [3.8, 4) is 5.88 Å². The molecular weight excluding hydrogens is 230 g/mol. The lowest BCUT2D eigenvalue weighted by atomic mass is 10.2. The number of halogens is 2. The molecule has 1 unspecified atom stereocenters.